The summed E-state index contributed by atoms with van der Waals surface area (Å²) in [5.41, 5.74) is 1.88. The van der Waals surface area contributed by atoms with Crippen LogP contribution in [-0.2, 0) is 6.42 Å². The molecule has 4 nitrogen and oxygen atoms in total. The van der Waals surface area contributed by atoms with E-state index < -0.39 is 0 Å². The highest BCUT2D eigenvalue weighted by Gasteiger charge is 2.16. The van der Waals surface area contributed by atoms with Gasteiger partial charge in [0.1, 0.15) is 5.82 Å². The summed E-state index contributed by atoms with van der Waals surface area (Å²) in [6.07, 6.45) is 0.673. The number of nitrogens with one attached hydrogen (secondary N) is 1. The second-order valence-corrected chi connectivity index (χ2v) is 4.68. The van der Waals surface area contributed by atoms with Crippen molar-refractivity contribution in [2.45, 2.75) is 13.3 Å². The molecule has 0 saturated carbocycles. The fraction of sp³-hybridized carbons (Fsp3) is 0.235. The van der Waals surface area contributed by atoms with Crippen LogP contribution in [0.3, 0.4) is 0 Å². The normalized spacial score (nSPS) is 10.2. The molecule has 2 rings (SSSR count). The van der Waals surface area contributed by atoms with Crippen LogP contribution < -0.4 is 14.8 Å². The predicted octanol–water partition coefficient (Wildman–Crippen LogP) is 3.66. The molecule has 1 amide bonds. The number of halogens is 1. The Balaban J connectivity index is 2.33. The molecule has 0 heterocycles. The molecule has 2 aromatic carbocycles. The zero-order valence-corrected chi connectivity index (χ0v) is 12.8. The average Bonchev–Trinajstić information content (AvgIpc) is 2.55. The lowest BCUT2D eigenvalue weighted by Crippen LogP contribution is -2.14. The third-order valence-corrected chi connectivity index (χ3v) is 3.34. The Hall–Kier alpha value is -2.56. The van der Waals surface area contributed by atoms with E-state index in [2.05, 4.69) is 5.32 Å². The summed E-state index contributed by atoms with van der Waals surface area (Å²) in [5, 5.41) is 2.75. The molecule has 0 saturated heterocycles. The lowest BCUT2D eigenvalue weighted by Gasteiger charge is -2.14. The first-order valence-corrected chi connectivity index (χ1v) is 6.90. The SMILES string of the molecule is CCc1cc(OC)c(OC)cc1C(=O)Nc1ccc(F)cc1. The third kappa shape index (κ3) is 3.36. The van der Waals surface area contributed by atoms with Crippen molar-refractivity contribution in [2.24, 2.45) is 0 Å². The van der Waals surface area contributed by atoms with Gasteiger partial charge in [0, 0.05) is 11.3 Å². The maximum absolute atomic E-state index is 12.9. The molecule has 116 valence electrons. The van der Waals surface area contributed by atoms with E-state index >= 15 is 0 Å². The summed E-state index contributed by atoms with van der Waals surface area (Å²) >= 11 is 0. The van der Waals surface area contributed by atoms with Crippen LogP contribution in [0.4, 0.5) is 10.1 Å². The summed E-state index contributed by atoms with van der Waals surface area (Å²) in [7, 11) is 3.07. The molecule has 1 N–H and O–H groups in total. The highest BCUT2D eigenvalue weighted by molar-refractivity contribution is 6.05. The minimum Gasteiger partial charge on any atom is -0.493 e. The van der Waals surface area contributed by atoms with Gasteiger partial charge in [0.15, 0.2) is 11.5 Å². The number of methoxy groups -OCH3 is 2. The van der Waals surface area contributed by atoms with Crippen LogP contribution in [-0.4, -0.2) is 20.1 Å². The first-order valence-electron chi connectivity index (χ1n) is 6.90. The van der Waals surface area contributed by atoms with Gasteiger partial charge >= 0.3 is 0 Å². The van der Waals surface area contributed by atoms with Crippen LogP contribution in [0.5, 0.6) is 11.5 Å². The van der Waals surface area contributed by atoms with Crippen molar-refractivity contribution < 1.29 is 18.7 Å². The standard InChI is InChI=1S/C17H18FNO3/c1-4-11-9-15(21-2)16(22-3)10-14(11)17(20)19-13-7-5-12(18)6-8-13/h5-10H,4H2,1-3H3,(H,19,20). The molecule has 0 fully saturated rings. The molecule has 0 bridgehead atoms. The number of carbonyl (C=O) groups excluding carboxylic acids is 1. The van der Waals surface area contributed by atoms with Crippen molar-refractivity contribution in [3.63, 3.8) is 0 Å². The third-order valence-electron chi connectivity index (χ3n) is 3.34. The Morgan fingerprint density at radius 3 is 2.23 bits per heavy atom. The fourth-order valence-electron chi connectivity index (χ4n) is 2.16. The van der Waals surface area contributed by atoms with Crippen molar-refractivity contribution in [2.75, 3.05) is 19.5 Å². The minimum atomic E-state index is -0.349. The number of carbonyl (C=O) groups is 1. The van der Waals surface area contributed by atoms with Crippen LogP contribution in [0, 0.1) is 5.82 Å². The maximum atomic E-state index is 12.9. The molecule has 0 atom stereocenters. The average molecular weight is 303 g/mol. The number of aryl methyl sites for hydroxylation is 1. The maximum Gasteiger partial charge on any atom is 0.256 e. The molecule has 0 aliphatic heterocycles. The van der Waals surface area contributed by atoms with Gasteiger partial charge in [0.05, 0.1) is 14.2 Å². The van der Waals surface area contributed by atoms with Crippen molar-refractivity contribution in [3.05, 3.63) is 53.3 Å². The molecule has 0 radical (unpaired) electrons. The summed E-state index contributed by atoms with van der Waals surface area (Å²) in [6, 6.07) is 9.06. The Morgan fingerprint density at radius 2 is 1.68 bits per heavy atom. The highest BCUT2D eigenvalue weighted by Crippen LogP contribution is 2.31. The zero-order chi connectivity index (χ0) is 16.1. The number of rotatable bonds is 5. The molecule has 22 heavy (non-hydrogen) atoms. The number of benzene rings is 2. The van der Waals surface area contributed by atoms with E-state index in [9.17, 15) is 9.18 Å². The van der Waals surface area contributed by atoms with Crippen LogP contribution in [0.1, 0.15) is 22.8 Å². The zero-order valence-electron chi connectivity index (χ0n) is 12.8. The van der Waals surface area contributed by atoms with Gasteiger partial charge in [-0.2, -0.15) is 0 Å². The topological polar surface area (TPSA) is 47.6 Å². The molecule has 2 aromatic rings. The van der Waals surface area contributed by atoms with Gasteiger partial charge < -0.3 is 14.8 Å². The minimum absolute atomic E-state index is 0.274. The summed E-state index contributed by atoms with van der Waals surface area (Å²) in [6.45, 7) is 1.95. The van der Waals surface area contributed by atoms with Gasteiger partial charge in [0.2, 0.25) is 0 Å². The quantitative estimate of drug-likeness (QED) is 0.917. The monoisotopic (exact) mass is 303 g/mol. The molecule has 0 aliphatic carbocycles. The number of hydrogen-bond donors (Lipinski definition) is 1. The number of amides is 1. The van der Waals surface area contributed by atoms with Crippen molar-refractivity contribution in [1.82, 2.24) is 0 Å². The van der Waals surface area contributed by atoms with E-state index in [0.29, 0.717) is 29.2 Å². The van der Waals surface area contributed by atoms with Crippen molar-refractivity contribution in [3.8, 4) is 11.5 Å². The number of ether oxygens (including phenoxy) is 2. The molecule has 0 spiro atoms. The number of anilines is 1. The van der Waals surface area contributed by atoms with E-state index in [1.807, 2.05) is 6.92 Å². The van der Waals surface area contributed by atoms with Crippen LogP contribution in [0.2, 0.25) is 0 Å². The molecule has 0 aromatic heterocycles. The number of hydrogen-bond acceptors (Lipinski definition) is 3. The molecule has 0 aliphatic rings. The van der Waals surface area contributed by atoms with E-state index in [1.54, 1.807) is 19.2 Å². The Labute approximate surface area is 128 Å². The predicted molar refractivity (Wildman–Crippen MR) is 83.3 cm³/mol. The summed E-state index contributed by atoms with van der Waals surface area (Å²) in [5.74, 6) is 0.449. The fourth-order valence-corrected chi connectivity index (χ4v) is 2.16. The molecule has 5 heteroatoms. The Bertz CT molecular complexity index is 668. The first-order chi connectivity index (χ1) is 10.6. The van der Waals surface area contributed by atoms with Crippen LogP contribution >= 0.6 is 0 Å². The van der Waals surface area contributed by atoms with Gasteiger partial charge in [-0.1, -0.05) is 6.92 Å². The van der Waals surface area contributed by atoms with Crippen molar-refractivity contribution in [1.29, 1.82) is 0 Å². The van der Waals surface area contributed by atoms with E-state index in [0.717, 1.165) is 5.56 Å². The summed E-state index contributed by atoms with van der Waals surface area (Å²) in [4.78, 5) is 12.4. The molecular formula is C17H18FNO3. The first kappa shape index (κ1) is 15.8. The van der Waals surface area contributed by atoms with Gasteiger partial charge in [-0.05, 0) is 48.4 Å². The van der Waals surface area contributed by atoms with Gasteiger partial charge in [-0.3, -0.25) is 4.79 Å². The summed E-state index contributed by atoms with van der Waals surface area (Å²) < 4.78 is 23.4. The second kappa shape index (κ2) is 6.93. The lowest BCUT2D eigenvalue weighted by atomic mass is 10.0. The van der Waals surface area contributed by atoms with E-state index in [4.69, 9.17) is 9.47 Å². The van der Waals surface area contributed by atoms with E-state index in [-0.39, 0.29) is 11.7 Å². The highest BCUT2D eigenvalue weighted by atomic mass is 19.1. The van der Waals surface area contributed by atoms with Gasteiger partial charge in [0.25, 0.3) is 5.91 Å². The molecule has 0 unspecified atom stereocenters. The van der Waals surface area contributed by atoms with Crippen LogP contribution in [0.25, 0.3) is 0 Å². The lowest BCUT2D eigenvalue weighted by molar-refractivity contribution is 0.102. The van der Waals surface area contributed by atoms with Crippen LogP contribution in [0.15, 0.2) is 36.4 Å². The van der Waals surface area contributed by atoms with E-state index in [1.165, 1.54) is 31.4 Å². The van der Waals surface area contributed by atoms with Crippen molar-refractivity contribution >= 4 is 11.6 Å². The Morgan fingerprint density at radius 1 is 1.09 bits per heavy atom. The molecular weight excluding hydrogens is 285 g/mol. The van der Waals surface area contributed by atoms with Gasteiger partial charge in [-0.15, -0.1) is 0 Å². The van der Waals surface area contributed by atoms with Gasteiger partial charge in [-0.25, -0.2) is 4.39 Å². The smallest absolute Gasteiger partial charge is 0.256 e. The Kier molecular flexibility index (Phi) is 4.99. The largest absolute Gasteiger partial charge is 0.493 e. The second-order valence-electron chi connectivity index (χ2n) is 4.68.